The molecule has 2 N–H and O–H groups in total. The molecule has 0 atom stereocenters. The Morgan fingerprint density at radius 3 is 2.44 bits per heavy atom. The molecule has 0 unspecified atom stereocenters. The van der Waals surface area contributed by atoms with Crippen molar-refractivity contribution >= 4 is 11.4 Å². The Labute approximate surface area is 54.7 Å². The van der Waals surface area contributed by atoms with E-state index in [9.17, 15) is 0 Å². The van der Waals surface area contributed by atoms with Crippen molar-refractivity contribution in [1.29, 1.82) is 0 Å². The molecule has 1 radical (unpaired) electrons. The van der Waals surface area contributed by atoms with Gasteiger partial charge in [-0.1, -0.05) is 12.1 Å². The molecule has 1 aromatic carbocycles. The number of para-hydroxylation sites is 1. The monoisotopic (exact) mass is 121 g/mol. The van der Waals surface area contributed by atoms with E-state index in [2.05, 4.69) is 5.32 Å². The van der Waals surface area contributed by atoms with Gasteiger partial charge in [0.2, 0.25) is 0 Å². The van der Waals surface area contributed by atoms with Crippen LogP contribution in [0.5, 0.6) is 0 Å². The summed E-state index contributed by atoms with van der Waals surface area (Å²) in [5.74, 6) is 0. The molecule has 0 aliphatic heterocycles. The highest BCUT2D eigenvalue weighted by atomic mass is 14.8. The van der Waals surface area contributed by atoms with Gasteiger partial charge in [-0.25, -0.2) is 0 Å². The largest absolute Gasteiger partial charge is 0.386 e. The third kappa shape index (κ3) is 1.13. The van der Waals surface area contributed by atoms with Gasteiger partial charge in [0.05, 0.1) is 11.4 Å². The van der Waals surface area contributed by atoms with Gasteiger partial charge in [0.1, 0.15) is 0 Å². The van der Waals surface area contributed by atoms with Crippen molar-refractivity contribution in [3.8, 4) is 0 Å². The molecule has 1 rings (SSSR count). The minimum absolute atomic E-state index is 0.542. The smallest absolute Gasteiger partial charge is 0.0771 e. The summed E-state index contributed by atoms with van der Waals surface area (Å²) in [4.78, 5) is 0. The van der Waals surface area contributed by atoms with E-state index in [0.717, 1.165) is 5.69 Å². The molecule has 0 aromatic heterocycles. The fourth-order valence-corrected chi connectivity index (χ4v) is 0.701. The average Bonchev–Trinajstić information content (AvgIpc) is 1.89. The fourth-order valence-electron chi connectivity index (χ4n) is 0.701. The number of hydrogen-bond acceptors (Lipinski definition) is 1. The van der Waals surface area contributed by atoms with Crippen LogP contribution in [0.2, 0.25) is 0 Å². The zero-order chi connectivity index (χ0) is 6.69. The van der Waals surface area contributed by atoms with Crippen LogP contribution in [-0.4, -0.2) is 7.05 Å². The summed E-state index contributed by atoms with van der Waals surface area (Å²) in [6.07, 6.45) is 0. The van der Waals surface area contributed by atoms with Gasteiger partial charge in [-0.2, -0.15) is 0 Å². The van der Waals surface area contributed by atoms with Crippen LogP contribution < -0.4 is 11.1 Å². The van der Waals surface area contributed by atoms with Crippen molar-refractivity contribution in [3.63, 3.8) is 0 Å². The van der Waals surface area contributed by atoms with Crippen LogP contribution >= 0.6 is 0 Å². The Hall–Kier alpha value is -1.18. The van der Waals surface area contributed by atoms with Crippen LogP contribution in [0.3, 0.4) is 0 Å². The van der Waals surface area contributed by atoms with Crippen molar-refractivity contribution in [2.24, 2.45) is 0 Å². The quantitative estimate of drug-likeness (QED) is 0.602. The zero-order valence-electron chi connectivity index (χ0n) is 5.31. The highest BCUT2D eigenvalue weighted by Gasteiger charge is 1.90. The zero-order valence-corrected chi connectivity index (χ0v) is 5.31. The first-order valence-electron chi connectivity index (χ1n) is 2.83. The molecule has 0 aliphatic rings. The maximum absolute atomic E-state index is 7.31. The highest BCUT2D eigenvalue weighted by molar-refractivity contribution is 5.62. The summed E-state index contributed by atoms with van der Waals surface area (Å²) in [6.45, 7) is 0. The van der Waals surface area contributed by atoms with E-state index >= 15 is 0 Å². The van der Waals surface area contributed by atoms with Gasteiger partial charge in [-0.15, -0.1) is 0 Å². The van der Waals surface area contributed by atoms with Crippen molar-refractivity contribution in [2.45, 2.75) is 0 Å². The lowest BCUT2D eigenvalue weighted by Gasteiger charge is -2.00. The molecular formula is C7H9N2. The van der Waals surface area contributed by atoms with E-state index in [0.29, 0.717) is 5.69 Å². The Morgan fingerprint density at radius 2 is 2.00 bits per heavy atom. The molecule has 0 amide bonds. The van der Waals surface area contributed by atoms with E-state index < -0.39 is 0 Å². The van der Waals surface area contributed by atoms with E-state index in [4.69, 9.17) is 5.73 Å². The van der Waals surface area contributed by atoms with Gasteiger partial charge in [-0.3, -0.25) is 5.73 Å². The normalized spacial score (nSPS) is 9.00. The topological polar surface area (TPSA) is 35.8 Å². The molecule has 0 bridgehead atoms. The summed E-state index contributed by atoms with van der Waals surface area (Å²) in [7, 11) is 1.81. The third-order valence-electron chi connectivity index (χ3n) is 1.20. The SMILES string of the molecule is CNc1ccccc1[NH]. The fraction of sp³-hybridized carbons (Fsp3) is 0.143. The predicted octanol–water partition coefficient (Wildman–Crippen LogP) is 1.64. The van der Waals surface area contributed by atoms with Crippen LogP contribution in [0.4, 0.5) is 11.4 Å². The van der Waals surface area contributed by atoms with E-state index in [-0.39, 0.29) is 0 Å². The number of benzene rings is 1. The van der Waals surface area contributed by atoms with Crippen molar-refractivity contribution < 1.29 is 0 Å². The number of anilines is 1. The van der Waals surface area contributed by atoms with Crippen LogP contribution in [0, 0.1) is 0 Å². The molecule has 0 saturated heterocycles. The molecule has 0 heterocycles. The first kappa shape index (κ1) is 5.95. The summed E-state index contributed by atoms with van der Waals surface area (Å²) in [6, 6.07) is 7.39. The van der Waals surface area contributed by atoms with Crippen LogP contribution in [0.25, 0.3) is 0 Å². The van der Waals surface area contributed by atoms with Crippen LogP contribution in [-0.2, 0) is 0 Å². The predicted molar refractivity (Wildman–Crippen MR) is 38.7 cm³/mol. The second-order valence-electron chi connectivity index (χ2n) is 1.80. The molecule has 2 nitrogen and oxygen atoms in total. The standard InChI is InChI=1S/C7H9N2/c1-9-7-5-3-2-4-6(7)8/h2-5,8-9H,1H3. The van der Waals surface area contributed by atoms with Gasteiger partial charge >= 0.3 is 0 Å². The Kier molecular flexibility index (Phi) is 1.58. The summed E-state index contributed by atoms with van der Waals surface area (Å²) < 4.78 is 0. The molecule has 0 spiro atoms. The van der Waals surface area contributed by atoms with Crippen LogP contribution in [0.1, 0.15) is 0 Å². The second-order valence-corrected chi connectivity index (χ2v) is 1.80. The maximum atomic E-state index is 7.31. The molecule has 2 heteroatoms. The van der Waals surface area contributed by atoms with Gasteiger partial charge in [0.15, 0.2) is 0 Å². The van der Waals surface area contributed by atoms with Gasteiger partial charge in [0, 0.05) is 7.05 Å². The van der Waals surface area contributed by atoms with Crippen molar-refractivity contribution in [2.75, 3.05) is 12.4 Å². The second kappa shape index (κ2) is 2.40. The Balaban J connectivity index is 3.01. The molecule has 47 valence electrons. The lowest BCUT2D eigenvalue weighted by atomic mass is 10.3. The Bertz CT molecular complexity index is 196. The van der Waals surface area contributed by atoms with E-state index in [1.165, 1.54) is 0 Å². The molecule has 0 fully saturated rings. The maximum Gasteiger partial charge on any atom is 0.0771 e. The molecule has 0 aliphatic carbocycles. The first-order valence-corrected chi connectivity index (χ1v) is 2.83. The van der Waals surface area contributed by atoms with Crippen LogP contribution in [0.15, 0.2) is 24.3 Å². The summed E-state index contributed by atoms with van der Waals surface area (Å²) >= 11 is 0. The lowest BCUT2D eigenvalue weighted by Crippen LogP contribution is -1.87. The van der Waals surface area contributed by atoms with Crippen molar-refractivity contribution in [1.82, 2.24) is 5.73 Å². The summed E-state index contributed by atoms with van der Waals surface area (Å²) in [5, 5.41) is 2.91. The van der Waals surface area contributed by atoms with E-state index in [1.54, 1.807) is 6.07 Å². The third-order valence-corrected chi connectivity index (χ3v) is 1.20. The average molecular weight is 121 g/mol. The summed E-state index contributed by atoms with van der Waals surface area (Å²) in [5.41, 5.74) is 8.72. The Morgan fingerprint density at radius 1 is 1.33 bits per heavy atom. The molecule has 9 heavy (non-hydrogen) atoms. The minimum atomic E-state index is 0.542. The number of nitrogens with one attached hydrogen (secondary N) is 2. The first-order chi connectivity index (χ1) is 4.34. The molecular weight excluding hydrogens is 112 g/mol. The number of hydrogen-bond donors (Lipinski definition) is 1. The van der Waals surface area contributed by atoms with Gasteiger partial charge in [0.25, 0.3) is 0 Å². The van der Waals surface area contributed by atoms with Gasteiger partial charge in [-0.05, 0) is 12.1 Å². The minimum Gasteiger partial charge on any atom is -0.386 e. The lowest BCUT2D eigenvalue weighted by molar-refractivity contribution is 1.43. The number of rotatable bonds is 1. The molecule has 1 aromatic rings. The van der Waals surface area contributed by atoms with Crippen molar-refractivity contribution in [3.05, 3.63) is 24.3 Å². The highest BCUT2D eigenvalue weighted by Crippen LogP contribution is 2.16. The van der Waals surface area contributed by atoms with E-state index in [1.807, 2.05) is 25.2 Å². The molecule has 0 saturated carbocycles. The van der Waals surface area contributed by atoms with Gasteiger partial charge < -0.3 is 5.32 Å².